The second-order valence-electron chi connectivity index (χ2n) is 12.4. The van der Waals surface area contributed by atoms with E-state index in [2.05, 4.69) is 64.5 Å². The predicted octanol–water partition coefficient (Wildman–Crippen LogP) is 5.80. The van der Waals surface area contributed by atoms with Gasteiger partial charge in [0.25, 0.3) is 11.8 Å². The monoisotopic (exact) mass is 677 g/mol. The molecule has 0 bridgehead atoms. The molecule has 1 aromatic heterocycles. The number of unbranched alkanes of at least 4 members (excludes halogenated alkanes) is 3. The molecule has 1 atom stereocenters. The molecule has 3 heterocycles. The van der Waals surface area contributed by atoms with Gasteiger partial charge >= 0.3 is 0 Å². The van der Waals surface area contributed by atoms with Gasteiger partial charge in [-0.25, -0.2) is 0 Å². The normalized spacial score (nSPS) is 15.8. The maximum absolute atomic E-state index is 13.2. The zero-order valence-corrected chi connectivity index (χ0v) is 27.9. The second-order valence-corrected chi connectivity index (χ2v) is 12.8. The number of fused-ring (bicyclic) bond motifs is 1. The van der Waals surface area contributed by atoms with Crippen molar-refractivity contribution in [2.75, 3.05) is 18.4 Å². The maximum Gasteiger partial charge on any atom is 0.264 e. The molecule has 0 saturated carbocycles. The minimum Gasteiger partial charge on any atom is -0.505 e. The van der Waals surface area contributed by atoms with Crippen LogP contribution in [0.5, 0.6) is 5.75 Å². The molecule has 6 rings (SSSR count). The lowest BCUT2D eigenvalue weighted by Gasteiger charge is -2.27. The summed E-state index contributed by atoms with van der Waals surface area (Å²) in [6, 6.07) is 24.5. The molecule has 4 N–H and O–H groups in total. The van der Waals surface area contributed by atoms with E-state index < -0.39 is 29.7 Å². The SMILES string of the molecule is O=C1CCC(N2C(=O)c3cccc(NCCCCCCNCc4ccc(-c5ccc(Cn6cccc(O)c6=S)cc5)cc4)c3C2=O)C(=O)N1. The fraction of sp³-hybridized carbons (Fsp3) is 0.289. The lowest BCUT2D eigenvalue weighted by Crippen LogP contribution is -2.54. The standard InChI is InChI=1S/C38H39N5O5S/c44-32-9-6-22-42(38(32)49)24-26-12-16-28(17-13-26)27-14-10-25(11-15-27)23-39-20-3-1-2-4-21-40-30-8-5-7-29-34(30)37(48)43(36(29)47)31-18-19-33(45)41-35(31)46/h5-17,22,31,39-40,44H,1-4,18-21,23-24H2,(H,41,45,46). The first kappa shape index (κ1) is 33.8. The van der Waals surface area contributed by atoms with Crippen molar-refractivity contribution >= 4 is 41.5 Å². The van der Waals surface area contributed by atoms with Crippen molar-refractivity contribution in [1.82, 2.24) is 20.1 Å². The number of hydrogen-bond acceptors (Lipinski definition) is 8. The van der Waals surface area contributed by atoms with Crippen LogP contribution in [0.25, 0.3) is 11.1 Å². The van der Waals surface area contributed by atoms with Gasteiger partial charge in [0.2, 0.25) is 11.8 Å². The van der Waals surface area contributed by atoms with E-state index in [1.807, 2.05) is 10.8 Å². The minimum absolute atomic E-state index is 0.0928. The molecule has 0 spiro atoms. The zero-order chi connectivity index (χ0) is 34.3. The van der Waals surface area contributed by atoms with Crippen LogP contribution in [0.3, 0.4) is 0 Å². The number of pyridine rings is 1. The quantitative estimate of drug-likeness (QED) is 0.0748. The third-order valence-corrected chi connectivity index (χ3v) is 9.43. The van der Waals surface area contributed by atoms with Crippen molar-refractivity contribution in [3.63, 3.8) is 0 Å². The molecule has 0 aliphatic carbocycles. The van der Waals surface area contributed by atoms with Crippen LogP contribution in [0.1, 0.15) is 70.4 Å². The average Bonchev–Trinajstić information content (AvgIpc) is 3.36. The number of aromatic hydroxyl groups is 1. The Labute approximate surface area is 290 Å². The highest BCUT2D eigenvalue weighted by molar-refractivity contribution is 7.71. The number of rotatable bonds is 14. The number of hydrogen-bond donors (Lipinski definition) is 4. The molecule has 4 amide bonds. The molecular formula is C38H39N5O5S. The van der Waals surface area contributed by atoms with Gasteiger partial charge in [-0.2, -0.15) is 0 Å². The third-order valence-electron chi connectivity index (χ3n) is 8.99. The van der Waals surface area contributed by atoms with Crippen molar-refractivity contribution in [3.05, 3.63) is 112 Å². The summed E-state index contributed by atoms with van der Waals surface area (Å²) in [5.41, 5.74) is 5.79. The van der Waals surface area contributed by atoms with Crippen LogP contribution in [-0.4, -0.2) is 57.3 Å². The Kier molecular flexibility index (Phi) is 10.6. The average molecular weight is 678 g/mol. The molecule has 2 aliphatic heterocycles. The Morgan fingerprint density at radius 1 is 0.796 bits per heavy atom. The van der Waals surface area contributed by atoms with Crippen LogP contribution < -0.4 is 16.0 Å². The number of anilines is 1. The van der Waals surface area contributed by atoms with Crippen LogP contribution in [0, 0.1) is 4.64 Å². The lowest BCUT2D eigenvalue weighted by molar-refractivity contribution is -0.136. The topological polar surface area (TPSA) is 133 Å². The molecule has 10 nitrogen and oxygen atoms in total. The van der Waals surface area contributed by atoms with Crippen molar-refractivity contribution in [2.24, 2.45) is 0 Å². The van der Waals surface area contributed by atoms with Gasteiger partial charge in [-0.1, -0.05) is 79.7 Å². The lowest BCUT2D eigenvalue weighted by atomic mass is 10.0. The van der Waals surface area contributed by atoms with Gasteiger partial charge in [-0.15, -0.1) is 0 Å². The summed E-state index contributed by atoms with van der Waals surface area (Å²) in [7, 11) is 0. The Morgan fingerprint density at radius 2 is 1.49 bits per heavy atom. The number of amides is 4. The molecule has 2 aliphatic rings. The summed E-state index contributed by atoms with van der Waals surface area (Å²) in [5.74, 6) is -1.89. The summed E-state index contributed by atoms with van der Waals surface area (Å²) < 4.78 is 2.28. The third kappa shape index (κ3) is 7.79. The molecule has 1 unspecified atom stereocenters. The zero-order valence-electron chi connectivity index (χ0n) is 27.1. The first-order valence-corrected chi connectivity index (χ1v) is 17.1. The number of nitrogens with one attached hydrogen (secondary N) is 3. The predicted molar refractivity (Wildman–Crippen MR) is 190 cm³/mol. The number of benzene rings is 3. The van der Waals surface area contributed by atoms with E-state index >= 15 is 0 Å². The highest BCUT2D eigenvalue weighted by Crippen LogP contribution is 2.32. The first-order valence-electron chi connectivity index (χ1n) is 16.7. The minimum atomic E-state index is -0.973. The molecule has 0 radical (unpaired) electrons. The summed E-state index contributed by atoms with van der Waals surface area (Å²) in [6.45, 7) is 2.97. The van der Waals surface area contributed by atoms with Crippen molar-refractivity contribution in [3.8, 4) is 16.9 Å². The number of aromatic nitrogens is 1. The number of carbonyl (C=O) groups excluding carboxylic acids is 4. The van der Waals surface area contributed by atoms with Crippen LogP contribution in [0.2, 0.25) is 0 Å². The number of nitrogens with zero attached hydrogens (tertiary/aromatic N) is 2. The van der Waals surface area contributed by atoms with Crippen LogP contribution in [0.4, 0.5) is 5.69 Å². The van der Waals surface area contributed by atoms with Gasteiger partial charge in [0, 0.05) is 37.9 Å². The van der Waals surface area contributed by atoms with E-state index in [9.17, 15) is 24.3 Å². The number of carbonyl (C=O) groups is 4. The smallest absolute Gasteiger partial charge is 0.264 e. The van der Waals surface area contributed by atoms with Crippen LogP contribution in [0.15, 0.2) is 85.1 Å². The van der Waals surface area contributed by atoms with Gasteiger partial charge in [0.1, 0.15) is 16.4 Å². The molecule has 3 aromatic carbocycles. The van der Waals surface area contributed by atoms with Crippen LogP contribution in [-0.2, 0) is 22.7 Å². The van der Waals surface area contributed by atoms with Crippen molar-refractivity contribution in [2.45, 2.75) is 57.7 Å². The van der Waals surface area contributed by atoms with Crippen molar-refractivity contribution in [1.29, 1.82) is 0 Å². The van der Waals surface area contributed by atoms with Gasteiger partial charge in [0.15, 0.2) is 0 Å². The van der Waals surface area contributed by atoms with Gasteiger partial charge in [-0.3, -0.25) is 29.4 Å². The summed E-state index contributed by atoms with van der Waals surface area (Å²) in [6.07, 6.45) is 6.15. The van der Waals surface area contributed by atoms with Gasteiger partial charge in [0.05, 0.1) is 11.1 Å². The molecule has 1 saturated heterocycles. The second kappa shape index (κ2) is 15.4. The Hall–Kier alpha value is -5.13. The highest BCUT2D eigenvalue weighted by Gasteiger charge is 2.45. The van der Waals surface area contributed by atoms with E-state index in [1.165, 1.54) is 5.56 Å². The van der Waals surface area contributed by atoms with E-state index in [4.69, 9.17) is 12.2 Å². The van der Waals surface area contributed by atoms with E-state index in [1.54, 1.807) is 30.3 Å². The molecular weight excluding hydrogens is 639 g/mol. The Balaban J connectivity index is 0.885. The Morgan fingerprint density at radius 3 is 2.20 bits per heavy atom. The number of imide groups is 2. The van der Waals surface area contributed by atoms with E-state index in [-0.39, 0.29) is 24.2 Å². The summed E-state index contributed by atoms with van der Waals surface area (Å²) in [5, 5.41) is 18.9. The Bertz CT molecular complexity index is 1920. The fourth-order valence-electron chi connectivity index (χ4n) is 6.31. The maximum atomic E-state index is 13.2. The number of piperidine rings is 1. The largest absolute Gasteiger partial charge is 0.505 e. The molecule has 252 valence electrons. The summed E-state index contributed by atoms with van der Waals surface area (Å²) in [4.78, 5) is 51.1. The van der Waals surface area contributed by atoms with E-state index in [0.29, 0.717) is 29.0 Å². The van der Waals surface area contributed by atoms with Gasteiger partial charge in [-0.05, 0) is 72.3 Å². The van der Waals surface area contributed by atoms with Crippen LogP contribution >= 0.6 is 12.2 Å². The first-order chi connectivity index (χ1) is 23.8. The molecule has 49 heavy (non-hydrogen) atoms. The fourth-order valence-corrected chi connectivity index (χ4v) is 6.50. The molecule has 11 heteroatoms. The molecule has 4 aromatic rings. The summed E-state index contributed by atoms with van der Waals surface area (Å²) >= 11 is 5.30. The van der Waals surface area contributed by atoms with Gasteiger partial charge < -0.3 is 20.3 Å². The molecule has 1 fully saturated rings. The highest BCUT2D eigenvalue weighted by atomic mass is 32.1. The van der Waals surface area contributed by atoms with E-state index in [0.717, 1.165) is 60.4 Å². The van der Waals surface area contributed by atoms with Crippen molar-refractivity contribution < 1.29 is 24.3 Å².